The SMILES string of the molecule is O=C(NCc1cc2c(cn1)OCCO2)c1cccc(C2CC2)n1. The summed E-state index contributed by atoms with van der Waals surface area (Å²) in [7, 11) is 0. The number of hydrogen-bond acceptors (Lipinski definition) is 5. The summed E-state index contributed by atoms with van der Waals surface area (Å²) in [5, 5.41) is 2.85. The average molecular weight is 311 g/mol. The molecule has 0 radical (unpaired) electrons. The van der Waals surface area contributed by atoms with Crippen LogP contribution in [0.3, 0.4) is 0 Å². The molecule has 1 aliphatic heterocycles. The van der Waals surface area contributed by atoms with Crippen LogP contribution in [0.4, 0.5) is 0 Å². The van der Waals surface area contributed by atoms with E-state index in [9.17, 15) is 4.79 Å². The summed E-state index contributed by atoms with van der Waals surface area (Å²) in [5.74, 6) is 1.65. The molecule has 0 bridgehead atoms. The zero-order valence-corrected chi connectivity index (χ0v) is 12.6. The number of carbonyl (C=O) groups excluding carboxylic acids is 1. The van der Waals surface area contributed by atoms with E-state index in [4.69, 9.17) is 9.47 Å². The molecule has 6 nitrogen and oxygen atoms in total. The molecular weight excluding hydrogens is 294 g/mol. The molecule has 2 aromatic rings. The Kier molecular flexibility index (Phi) is 3.57. The van der Waals surface area contributed by atoms with Gasteiger partial charge in [-0.25, -0.2) is 4.98 Å². The van der Waals surface area contributed by atoms with E-state index >= 15 is 0 Å². The van der Waals surface area contributed by atoms with Gasteiger partial charge in [-0.3, -0.25) is 9.78 Å². The lowest BCUT2D eigenvalue weighted by Crippen LogP contribution is -2.25. The molecule has 1 N–H and O–H groups in total. The predicted molar refractivity (Wildman–Crippen MR) is 82.6 cm³/mol. The lowest BCUT2D eigenvalue weighted by Gasteiger charge is -2.18. The first-order valence-electron chi connectivity index (χ1n) is 7.79. The molecule has 0 spiro atoms. The van der Waals surface area contributed by atoms with E-state index in [0.29, 0.717) is 42.9 Å². The number of fused-ring (bicyclic) bond motifs is 1. The smallest absolute Gasteiger partial charge is 0.270 e. The summed E-state index contributed by atoms with van der Waals surface area (Å²) >= 11 is 0. The number of hydrogen-bond donors (Lipinski definition) is 1. The number of carbonyl (C=O) groups is 1. The van der Waals surface area contributed by atoms with Crippen molar-refractivity contribution in [1.82, 2.24) is 15.3 Å². The van der Waals surface area contributed by atoms with E-state index in [2.05, 4.69) is 15.3 Å². The van der Waals surface area contributed by atoms with Gasteiger partial charge in [0.1, 0.15) is 18.9 Å². The number of nitrogens with zero attached hydrogens (tertiary/aromatic N) is 2. The van der Waals surface area contributed by atoms with E-state index < -0.39 is 0 Å². The summed E-state index contributed by atoms with van der Waals surface area (Å²) in [6, 6.07) is 7.40. The largest absolute Gasteiger partial charge is 0.486 e. The van der Waals surface area contributed by atoms with Crippen LogP contribution in [0.1, 0.15) is 40.6 Å². The number of pyridine rings is 2. The standard InChI is InChI=1S/C17H17N3O3/c21-17(14-3-1-2-13(20-14)11-4-5-11)19-9-12-8-15-16(10-18-12)23-7-6-22-15/h1-3,8,10-11H,4-7,9H2,(H,19,21). The van der Waals surface area contributed by atoms with Crippen LogP contribution in [0, 0.1) is 0 Å². The zero-order valence-electron chi connectivity index (χ0n) is 12.6. The highest BCUT2D eigenvalue weighted by molar-refractivity contribution is 5.92. The summed E-state index contributed by atoms with van der Waals surface area (Å²) in [4.78, 5) is 21.0. The third-order valence-corrected chi connectivity index (χ3v) is 3.92. The minimum Gasteiger partial charge on any atom is -0.486 e. The van der Waals surface area contributed by atoms with Gasteiger partial charge in [0.05, 0.1) is 18.4 Å². The molecule has 2 aromatic heterocycles. The van der Waals surface area contributed by atoms with E-state index in [1.807, 2.05) is 12.1 Å². The monoisotopic (exact) mass is 311 g/mol. The molecule has 1 saturated carbocycles. The Bertz CT molecular complexity index is 744. The molecule has 1 amide bonds. The molecular formula is C17H17N3O3. The van der Waals surface area contributed by atoms with Crippen molar-refractivity contribution in [2.45, 2.75) is 25.3 Å². The van der Waals surface area contributed by atoms with Gasteiger partial charge in [0.15, 0.2) is 11.5 Å². The van der Waals surface area contributed by atoms with Gasteiger partial charge >= 0.3 is 0 Å². The van der Waals surface area contributed by atoms with Crippen molar-refractivity contribution in [3.63, 3.8) is 0 Å². The minimum absolute atomic E-state index is 0.191. The van der Waals surface area contributed by atoms with Gasteiger partial charge in [-0.1, -0.05) is 6.07 Å². The third kappa shape index (κ3) is 3.11. The molecule has 0 aromatic carbocycles. The van der Waals surface area contributed by atoms with Crippen molar-refractivity contribution in [1.29, 1.82) is 0 Å². The first-order chi connectivity index (χ1) is 11.3. The molecule has 4 rings (SSSR count). The summed E-state index contributed by atoms with van der Waals surface area (Å²) in [6.45, 7) is 1.39. The van der Waals surface area contributed by atoms with Crippen LogP contribution in [0.25, 0.3) is 0 Å². The number of amides is 1. The average Bonchev–Trinajstić information content (AvgIpc) is 3.45. The lowest BCUT2D eigenvalue weighted by molar-refractivity contribution is 0.0945. The van der Waals surface area contributed by atoms with Crippen molar-refractivity contribution in [2.24, 2.45) is 0 Å². The van der Waals surface area contributed by atoms with Crippen LogP contribution in [0.5, 0.6) is 11.5 Å². The molecule has 3 heterocycles. The van der Waals surface area contributed by atoms with Gasteiger partial charge < -0.3 is 14.8 Å². The van der Waals surface area contributed by atoms with Crippen molar-refractivity contribution in [2.75, 3.05) is 13.2 Å². The number of aromatic nitrogens is 2. The molecule has 118 valence electrons. The maximum Gasteiger partial charge on any atom is 0.270 e. The molecule has 23 heavy (non-hydrogen) atoms. The Hall–Kier alpha value is -2.63. The zero-order chi connectivity index (χ0) is 15.6. The fourth-order valence-electron chi connectivity index (χ4n) is 2.53. The van der Waals surface area contributed by atoms with Crippen LogP contribution in [-0.2, 0) is 6.54 Å². The molecule has 0 unspecified atom stereocenters. The van der Waals surface area contributed by atoms with Crippen LogP contribution < -0.4 is 14.8 Å². The van der Waals surface area contributed by atoms with Crippen LogP contribution in [0.15, 0.2) is 30.5 Å². The molecule has 6 heteroatoms. The van der Waals surface area contributed by atoms with Crippen molar-refractivity contribution >= 4 is 5.91 Å². The van der Waals surface area contributed by atoms with Gasteiger partial charge in [0.25, 0.3) is 5.91 Å². The van der Waals surface area contributed by atoms with Gasteiger partial charge in [-0.05, 0) is 25.0 Å². The molecule has 0 atom stereocenters. The Balaban J connectivity index is 1.42. The normalized spacial score (nSPS) is 16.0. The highest BCUT2D eigenvalue weighted by atomic mass is 16.6. The summed E-state index contributed by atoms with van der Waals surface area (Å²) < 4.78 is 10.9. The maximum atomic E-state index is 12.2. The van der Waals surface area contributed by atoms with E-state index in [-0.39, 0.29) is 5.91 Å². The van der Waals surface area contributed by atoms with E-state index in [1.54, 1.807) is 18.3 Å². The van der Waals surface area contributed by atoms with Crippen LogP contribution in [-0.4, -0.2) is 29.1 Å². The first kappa shape index (κ1) is 14.0. The van der Waals surface area contributed by atoms with E-state index in [1.165, 1.54) is 12.8 Å². The van der Waals surface area contributed by atoms with Crippen molar-refractivity contribution in [3.8, 4) is 11.5 Å². The number of rotatable bonds is 4. The quantitative estimate of drug-likeness (QED) is 0.935. The van der Waals surface area contributed by atoms with Crippen molar-refractivity contribution in [3.05, 3.63) is 47.5 Å². The van der Waals surface area contributed by atoms with Gasteiger partial charge in [-0.15, -0.1) is 0 Å². The third-order valence-electron chi connectivity index (χ3n) is 3.92. The Morgan fingerprint density at radius 3 is 2.87 bits per heavy atom. The van der Waals surface area contributed by atoms with Crippen LogP contribution in [0.2, 0.25) is 0 Å². The number of nitrogens with one attached hydrogen (secondary N) is 1. The minimum atomic E-state index is -0.191. The first-order valence-corrected chi connectivity index (χ1v) is 7.79. The summed E-state index contributed by atoms with van der Waals surface area (Å²) in [5.41, 5.74) is 2.18. The van der Waals surface area contributed by atoms with Gasteiger partial charge in [-0.2, -0.15) is 0 Å². The molecule has 2 aliphatic rings. The van der Waals surface area contributed by atoms with Gasteiger partial charge in [0.2, 0.25) is 0 Å². The maximum absolute atomic E-state index is 12.2. The second-order valence-corrected chi connectivity index (χ2v) is 5.72. The highest BCUT2D eigenvalue weighted by Crippen LogP contribution is 2.38. The lowest BCUT2D eigenvalue weighted by atomic mass is 10.2. The van der Waals surface area contributed by atoms with Crippen molar-refractivity contribution < 1.29 is 14.3 Å². The van der Waals surface area contributed by atoms with Crippen LogP contribution >= 0.6 is 0 Å². The molecule has 1 fully saturated rings. The van der Waals surface area contributed by atoms with Gasteiger partial charge in [0, 0.05) is 17.7 Å². The topological polar surface area (TPSA) is 73.3 Å². The fourth-order valence-corrected chi connectivity index (χ4v) is 2.53. The molecule has 0 saturated heterocycles. The Morgan fingerprint density at radius 1 is 1.22 bits per heavy atom. The Morgan fingerprint density at radius 2 is 2.04 bits per heavy atom. The van der Waals surface area contributed by atoms with E-state index in [0.717, 1.165) is 11.4 Å². The second kappa shape index (κ2) is 5.87. The number of ether oxygens (including phenoxy) is 2. The highest BCUT2D eigenvalue weighted by Gasteiger charge is 2.25. The molecule has 1 aliphatic carbocycles. The fraction of sp³-hybridized carbons (Fsp3) is 0.353. The summed E-state index contributed by atoms with van der Waals surface area (Å²) in [6.07, 6.45) is 3.96. The predicted octanol–water partition coefficient (Wildman–Crippen LogP) is 2.06. The Labute approximate surface area is 133 Å². The second-order valence-electron chi connectivity index (χ2n) is 5.72.